The van der Waals surface area contributed by atoms with E-state index in [1.165, 1.54) is 0 Å². The number of nitrogen functional groups attached to an aromatic ring is 1. The molecule has 0 aliphatic rings. The van der Waals surface area contributed by atoms with Crippen molar-refractivity contribution in [2.75, 3.05) is 44.5 Å². The van der Waals surface area contributed by atoms with Gasteiger partial charge in [0.25, 0.3) is 0 Å². The fourth-order valence-electron chi connectivity index (χ4n) is 1.53. The van der Waals surface area contributed by atoms with Crippen LogP contribution < -0.4 is 16.6 Å². The molecule has 0 saturated heterocycles. The molecule has 7 heteroatoms. The van der Waals surface area contributed by atoms with Gasteiger partial charge in [-0.2, -0.15) is 0 Å². The van der Waals surface area contributed by atoms with E-state index in [4.69, 9.17) is 10.6 Å². The molecule has 0 unspecified atom stereocenters. The Kier molecular flexibility index (Phi) is 7.09. The second-order valence-electron chi connectivity index (χ2n) is 4.42. The Hall–Kier alpha value is -1.44. The van der Waals surface area contributed by atoms with Crippen LogP contribution in [0.4, 0.5) is 11.6 Å². The van der Waals surface area contributed by atoms with Gasteiger partial charge in [0, 0.05) is 19.2 Å². The molecule has 1 aromatic rings. The summed E-state index contributed by atoms with van der Waals surface area (Å²) in [6, 6.07) is 1.78. The Morgan fingerprint density at radius 2 is 2.05 bits per heavy atom. The van der Waals surface area contributed by atoms with Crippen LogP contribution in [0.15, 0.2) is 6.07 Å². The molecule has 0 spiro atoms. The average molecular weight is 268 g/mol. The van der Waals surface area contributed by atoms with Crippen LogP contribution in [-0.4, -0.2) is 48.7 Å². The number of nitrogens with one attached hydrogen (secondary N) is 2. The first kappa shape index (κ1) is 15.6. The number of hydrogen-bond donors (Lipinski definition) is 3. The number of ether oxygens (including phenoxy) is 1. The molecule has 0 saturated carbocycles. The largest absolute Gasteiger partial charge is 0.374 e. The molecule has 0 amide bonds. The summed E-state index contributed by atoms with van der Waals surface area (Å²) in [5.74, 6) is 7.36. The Labute approximate surface area is 114 Å². The zero-order chi connectivity index (χ0) is 14.1. The summed E-state index contributed by atoms with van der Waals surface area (Å²) >= 11 is 0. The number of hydrazine groups is 1. The van der Waals surface area contributed by atoms with Gasteiger partial charge in [-0.3, -0.25) is 0 Å². The molecule has 1 aromatic heterocycles. The minimum absolute atomic E-state index is 0.387. The fourth-order valence-corrected chi connectivity index (χ4v) is 1.53. The molecule has 4 N–H and O–H groups in total. The molecule has 0 bridgehead atoms. The summed E-state index contributed by atoms with van der Waals surface area (Å²) in [5, 5.41) is 3.26. The van der Waals surface area contributed by atoms with Crippen molar-refractivity contribution in [2.24, 2.45) is 5.84 Å². The van der Waals surface area contributed by atoms with Crippen molar-refractivity contribution in [2.45, 2.75) is 20.0 Å². The number of nitrogens with two attached hydrogens (primary N) is 1. The minimum Gasteiger partial charge on any atom is -0.374 e. The van der Waals surface area contributed by atoms with Crippen molar-refractivity contribution in [1.29, 1.82) is 0 Å². The monoisotopic (exact) mass is 268 g/mol. The van der Waals surface area contributed by atoms with Crippen molar-refractivity contribution < 1.29 is 4.74 Å². The molecule has 0 aromatic carbocycles. The highest BCUT2D eigenvalue weighted by Gasteiger charge is 2.04. The third-order valence-electron chi connectivity index (χ3n) is 2.44. The van der Waals surface area contributed by atoms with Crippen molar-refractivity contribution in [1.82, 2.24) is 14.9 Å². The van der Waals surface area contributed by atoms with Gasteiger partial charge in [-0.15, -0.1) is 0 Å². The Morgan fingerprint density at radius 3 is 2.68 bits per heavy atom. The standard InChI is InChI=1S/C12H24N6O/c1-4-19-9-12-15-10(8-11(16-12)17-13)14-6-5-7-18(2)3/h8H,4-7,9,13H2,1-3H3,(H2,14,15,16,17). The zero-order valence-corrected chi connectivity index (χ0v) is 11.9. The molecular weight excluding hydrogens is 244 g/mol. The van der Waals surface area contributed by atoms with Gasteiger partial charge in [0.2, 0.25) is 0 Å². The van der Waals surface area contributed by atoms with E-state index in [1.807, 2.05) is 6.92 Å². The fraction of sp³-hybridized carbons (Fsp3) is 0.667. The van der Waals surface area contributed by atoms with E-state index < -0.39 is 0 Å². The zero-order valence-electron chi connectivity index (χ0n) is 11.9. The van der Waals surface area contributed by atoms with Crippen LogP contribution in [-0.2, 0) is 11.3 Å². The van der Waals surface area contributed by atoms with Crippen LogP contribution in [0.1, 0.15) is 19.2 Å². The Bertz CT molecular complexity index is 371. The molecule has 1 heterocycles. The predicted molar refractivity (Wildman–Crippen MR) is 76.8 cm³/mol. The summed E-state index contributed by atoms with van der Waals surface area (Å²) in [4.78, 5) is 10.8. The quantitative estimate of drug-likeness (QED) is 0.344. The van der Waals surface area contributed by atoms with Crippen LogP contribution in [0.25, 0.3) is 0 Å². The van der Waals surface area contributed by atoms with E-state index in [9.17, 15) is 0 Å². The van der Waals surface area contributed by atoms with Gasteiger partial charge in [-0.25, -0.2) is 15.8 Å². The summed E-state index contributed by atoms with van der Waals surface area (Å²) < 4.78 is 5.30. The maximum Gasteiger partial charge on any atom is 0.158 e. The maximum atomic E-state index is 5.40. The van der Waals surface area contributed by atoms with E-state index in [0.29, 0.717) is 24.9 Å². The number of rotatable bonds is 9. The molecular formula is C12H24N6O. The topological polar surface area (TPSA) is 88.3 Å². The highest BCUT2D eigenvalue weighted by Crippen LogP contribution is 2.11. The molecule has 7 nitrogen and oxygen atoms in total. The van der Waals surface area contributed by atoms with Gasteiger partial charge in [0.15, 0.2) is 5.82 Å². The Morgan fingerprint density at radius 1 is 1.32 bits per heavy atom. The molecule has 0 radical (unpaired) electrons. The number of aromatic nitrogens is 2. The normalized spacial score (nSPS) is 10.8. The first-order valence-electron chi connectivity index (χ1n) is 6.46. The van der Waals surface area contributed by atoms with Crippen molar-refractivity contribution in [3.63, 3.8) is 0 Å². The van der Waals surface area contributed by atoms with E-state index in [-0.39, 0.29) is 0 Å². The number of hydrogen-bond acceptors (Lipinski definition) is 7. The van der Waals surface area contributed by atoms with Gasteiger partial charge >= 0.3 is 0 Å². The van der Waals surface area contributed by atoms with Crippen LogP contribution in [0.3, 0.4) is 0 Å². The van der Waals surface area contributed by atoms with Crippen LogP contribution in [0.5, 0.6) is 0 Å². The van der Waals surface area contributed by atoms with Gasteiger partial charge in [0.1, 0.15) is 18.2 Å². The minimum atomic E-state index is 0.387. The first-order chi connectivity index (χ1) is 9.15. The number of nitrogens with zero attached hydrogens (tertiary/aromatic N) is 3. The third kappa shape index (κ3) is 6.32. The molecule has 0 fully saturated rings. The number of anilines is 2. The lowest BCUT2D eigenvalue weighted by molar-refractivity contribution is 0.128. The molecule has 0 aliphatic carbocycles. The van der Waals surface area contributed by atoms with Gasteiger partial charge in [-0.1, -0.05) is 0 Å². The molecule has 19 heavy (non-hydrogen) atoms. The second-order valence-corrected chi connectivity index (χ2v) is 4.42. The Balaban J connectivity index is 2.55. The van der Waals surface area contributed by atoms with Gasteiger partial charge < -0.3 is 20.4 Å². The van der Waals surface area contributed by atoms with Crippen LogP contribution in [0, 0.1) is 0 Å². The predicted octanol–water partition coefficient (Wildman–Crippen LogP) is 0.662. The second kappa shape index (κ2) is 8.63. The molecule has 108 valence electrons. The smallest absolute Gasteiger partial charge is 0.158 e. The van der Waals surface area contributed by atoms with Crippen molar-refractivity contribution in [3.8, 4) is 0 Å². The maximum absolute atomic E-state index is 5.40. The van der Waals surface area contributed by atoms with E-state index in [0.717, 1.165) is 25.3 Å². The van der Waals surface area contributed by atoms with E-state index in [1.54, 1.807) is 6.07 Å². The lowest BCUT2D eigenvalue weighted by Crippen LogP contribution is -2.17. The SMILES string of the molecule is CCOCc1nc(NN)cc(NCCCN(C)C)n1. The van der Waals surface area contributed by atoms with Crippen molar-refractivity contribution in [3.05, 3.63) is 11.9 Å². The van der Waals surface area contributed by atoms with Crippen LogP contribution >= 0.6 is 0 Å². The summed E-state index contributed by atoms with van der Waals surface area (Å²) in [5.41, 5.74) is 2.54. The third-order valence-corrected chi connectivity index (χ3v) is 2.44. The lowest BCUT2D eigenvalue weighted by atomic mass is 10.4. The van der Waals surface area contributed by atoms with E-state index in [2.05, 4.69) is 39.7 Å². The average Bonchev–Trinajstić information content (AvgIpc) is 2.41. The summed E-state index contributed by atoms with van der Waals surface area (Å²) in [7, 11) is 4.11. The first-order valence-corrected chi connectivity index (χ1v) is 6.46. The van der Waals surface area contributed by atoms with Gasteiger partial charge in [0.05, 0.1) is 0 Å². The summed E-state index contributed by atoms with van der Waals surface area (Å²) in [6.07, 6.45) is 1.04. The molecule has 0 aliphatic heterocycles. The van der Waals surface area contributed by atoms with Crippen molar-refractivity contribution >= 4 is 11.6 Å². The lowest BCUT2D eigenvalue weighted by Gasteiger charge is -2.11. The van der Waals surface area contributed by atoms with Crippen LogP contribution in [0.2, 0.25) is 0 Å². The van der Waals surface area contributed by atoms with Gasteiger partial charge in [-0.05, 0) is 34.0 Å². The molecule has 0 atom stereocenters. The highest BCUT2D eigenvalue weighted by molar-refractivity contribution is 5.46. The molecule has 1 rings (SSSR count). The highest BCUT2D eigenvalue weighted by atomic mass is 16.5. The van der Waals surface area contributed by atoms with E-state index >= 15 is 0 Å². The summed E-state index contributed by atoms with van der Waals surface area (Å²) in [6.45, 7) is 4.85.